The molecule has 0 aliphatic carbocycles. The summed E-state index contributed by atoms with van der Waals surface area (Å²) in [6.07, 6.45) is 2.53. The van der Waals surface area contributed by atoms with Crippen LogP contribution in [0.25, 0.3) is 6.08 Å². The lowest BCUT2D eigenvalue weighted by Crippen LogP contribution is -2.47. The molecular formula is C15H19NO4S. The van der Waals surface area contributed by atoms with Crippen LogP contribution in [0.4, 0.5) is 5.69 Å². The molecule has 0 saturated carbocycles. The summed E-state index contributed by atoms with van der Waals surface area (Å²) < 4.78 is 32.9. The van der Waals surface area contributed by atoms with Gasteiger partial charge in [0.2, 0.25) is 0 Å². The highest BCUT2D eigenvalue weighted by molar-refractivity contribution is 7.86. The number of amides is 1. The van der Waals surface area contributed by atoms with E-state index >= 15 is 0 Å². The van der Waals surface area contributed by atoms with E-state index in [0.717, 1.165) is 11.0 Å². The standard InChI is InChI=1S/C15H19NO4S/c1-5-12-9-7-8-10-13(12)16(14(17)6-2)15(11(3)4)21(18,19)20/h5-11,15H,1-2H2,3-4H3,(H,18,19,20). The zero-order valence-corrected chi connectivity index (χ0v) is 12.9. The Bertz CT molecular complexity index is 649. The van der Waals surface area contributed by atoms with Crippen molar-refractivity contribution < 1.29 is 17.8 Å². The minimum Gasteiger partial charge on any atom is -0.288 e. The van der Waals surface area contributed by atoms with Crippen molar-refractivity contribution in [1.29, 1.82) is 0 Å². The highest BCUT2D eigenvalue weighted by Crippen LogP contribution is 2.28. The number of hydrogen-bond donors (Lipinski definition) is 1. The van der Waals surface area contributed by atoms with E-state index in [-0.39, 0.29) is 0 Å². The molecule has 0 radical (unpaired) electrons. The van der Waals surface area contributed by atoms with Gasteiger partial charge in [-0.05, 0) is 23.6 Å². The van der Waals surface area contributed by atoms with E-state index in [1.807, 2.05) is 0 Å². The second kappa shape index (κ2) is 6.69. The van der Waals surface area contributed by atoms with Gasteiger partial charge in [0.05, 0.1) is 5.69 Å². The SMILES string of the molecule is C=CC(=O)N(c1ccccc1C=C)C(C(C)C)S(=O)(=O)O. The molecule has 0 aliphatic rings. The van der Waals surface area contributed by atoms with Crippen molar-refractivity contribution in [1.82, 2.24) is 0 Å². The Labute approximate surface area is 125 Å². The van der Waals surface area contributed by atoms with Crippen LogP contribution < -0.4 is 4.90 Å². The fourth-order valence-corrected chi connectivity index (χ4v) is 3.31. The molecule has 0 heterocycles. The van der Waals surface area contributed by atoms with Crippen LogP contribution in [0.3, 0.4) is 0 Å². The van der Waals surface area contributed by atoms with Crippen LogP contribution in [-0.4, -0.2) is 24.3 Å². The summed E-state index contributed by atoms with van der Waals surface area (Å²) in [5.41, 5.74) is 0.940. The molecule has 6 heteroatoms. The lowest BCUT2D eigenvalue weighted by Gasteiger charge is -2.32. The van der Waals surface area contributed by atoms with Crippen molar-refractivity contribution in [2.24, 2.45) is 5.92 Å². The van der Waals surface area contributed by atoms with Gasteiger partial charge in [0, 0.05) is 0 Å². The molecule has 1 rings (SSSR count). The average molecular weight is 309 g/mol. The molecule has 0 aromatic heterocycles. The van der Waals surface area contributed by atoms with Crippen molar-refractivity contribution in [2.45, 2.75) is 19.2 Å². The summed E-state index contributed by atoms with van der Waals surface area (Å²) in [6, 6.07) is 6.72. The largest absolute Gasteiger partial charge is 0.288 e. The number of para-hydroxylation sites is 1. The van der Waals surface area contributed by atoms with Crippen molar-refractivity contribution >= 4 is 27.8 Å². The van der Waals surface area contributed by atoms with Crippen LogP contribution in [0, 0.1) is 5.92 Å². The Morgan fingerprint density at radius 3 is 2.29 bits per heavy atom. The highest BCUT2D eigenvalue weighted by Gasteiger charge is 2.36. The summed E-state index contributed by atoms with van der Waals surface area (Å²) in [6.45, 7) is 10.3. The third kappa shape index (κ3) is 3.80. The second-order valence-corrected chi connectivity index (χ2v) is 6.34. The van der Waals surface area contributed by atoms with Gasteiger partial charge in [0.1, 0.15) is 0 Å². The maximum atomic E-state index is 12.2. The zero-order chi connectivity index (χ0) is 16.2. The van der Waals surface area contributed by atoms with E-state index in [9.17, 15) is 17.8 Å². The van der Waals surface area contributed by atoms with Gasteiger partial charge < -0.3 is 0 Å². The molecule has 1 N–H and O–H groups in total. The Morgan fingerprint density at radius 1 is 1.29 bits per heavy atom. The molecule has 1 amide bonds. The Morgan fingerprint density at radius 2 is 1.86 bits per heavy atom. The van der Waals surface area contributed by atoms with Crippen molar-refractivity contribution in [3.63, 3.8) is 0 Å². The van der Waals surface area contributed by atoms with Crippen LogP contribution in [0.5, 0.6) is 0 Å². The molecule has 0 spiro atoms. The molecule has 1 unspecified atom stereocenters. The average Bonchev–Trinajstić information content (AvgIpc) is 2.41. The normalized spacial score (nSPS) is 12.8. The van der Waals surface area contributed by atoms with Crippen molar-refractivity contribution in [3.05, 3.63) is 49.1 Å². The van der Waals surface area contributed by atoms with Crippen molar-refractivity contribution in [3.8, 4) is 0 Å². The van der Waals surface area contributed by atoms with Gasteiger partial charge in [0.25, 0.3) is 16.0 Å². The molecule has 0 fully saturated rings. The van der Waals surface area contributed by atoms with E-state index in [0.29, 0.717) is 11.3 Å². The number of nitrogens with zero attached hydrogens (tertiary/aromatic N) is 1. The number of benzene rings is 1. The summed E-state index contributed by atoms with van der Waals surface area (Å²) in [4.78, 5) is 13.2. The number of rotatable bonds is 6. The molecule has 0 bridgehead atoms. The smallest absolute Gasteiger partial charge is 0.287 e. The number of anilines is 1. The summed E-state index contributed by atoms with van der Waals surface area (Å²) in [5, 5.41) is -1.40. The first kappa shape index (κ1) is 17.1. The monoisotopic (exact) mass is 309 g/mol. The first-order chi connectivity index (χ1) is 9.73. The highest BCUT2D eigenvalue weighted by atomic mass is 32.2. The number of carbonyl (C=O) groups excluding carboxylic acids is 1. The molecular weight excluding hydrogens is 290 g/mol. The lowest BCUT2D eigenvalue weighted by molar-refractivity contribution is -0.114. The predicted molar refractivity (Wildman–Crippen MR) is 84.4 cm³/mol. The third-order valence-corrected chi connectivity index (χ3v) is 4.32. The maximum absolute atomic E-state index is 12.2. The predicted octanol–water partition coefficient (Wildman–Crippen LogP) is 2.72. The van der Waals surface area contributed by atoms with Crippen LogP contribution in [0.1, 0.15) is 19.4 Å². The van der Waals surface area contributed by atoms with Crippen LogP contribution in [-0.2, 0) is 14.9 Å². The lowest BCUT2D eigenvalue weighted by atomic mass is 10.1. The molecule has 21 heavy (non-hydrogen) atoms. The van der Waals surface area contributed by atoms with Gasteiger partial charge in [-0.1, -0.05) is 51.3 Å². The minimum atomic E-state index is -4.47. The van der Waals surface area contributed by atoms with Crippen LogP contribution >= 0.6 is 0 Å². The molecule has 5 nitrogen and oxygen atoms in total. The van der Waals surface area contributed by atoms with E-state index < -0.39 is 27.3 Å². The molecule has 1 aromatic rings. The van der Waals surface area contributed by atoms with Gasteiger partial charge in [0.15, 0.2) is 5.37 Å². The van der Waals surface area contributed by atoms with Gasteiger partial charge in [-0.3, -0.25) is 14.2 Å². The first-order valence-electron chi connectivity index (χ1n) is 6.37. The van der Waals surface area contributed by atoms with Gasteiger partial charge in [-0.25, -0.2) is 0 Å². The van der Waals surface area contributed by atoms with Gasteiger partial charge in [-0.15, -0.1) is 0 Å². The Balaban J connectivity index is 3.59. The number of carbonyl (C=O) groups is 1. The second-order valence-electron chi connectivity index (χ2n) is 4.82. The summed E-state index contributed by atoms with van der Waals surface area (Å²) in [5.74, 6) is -1.12. The van der Waals surface area contributed by atoms with Crippen LogP contribution in [0.15, 0.2) is 43.5 Å². The van der Waals surface area contributed by atoms with Crippen LogP contribution in [0.2, 0.25) is 0 Å². The molecule has 1 aromatic carbocycles. The Hall–Kier alpha value is -1.92. The topological polar surface area (TPSA) is 74.7 Å². The van der Waals surface area contributed by atoms with E-state index in [1.54, 1.807) is 38.1 Å². The quantitative estimate of drug-likeness (QED) is 0.647. The van der Waals surface area contributed by atoms with Gasteiger partial charge >= 0.3 is 0 Å². The minimum absolute atomic E-state index is 0.355. The summed E-state index contributed by atoms with van der Waals surface area (Å²) in [7, 11) is -4.47. The van der Waals surface area contributed by atoms with Crippen molar-refractivity contribution in [2.75, 3.05) is 4.90 Å². The molecule has 0 aliphatic heterocycles. The van der Waals surface area contributed by atoms with Gasteiger partial charge in [-0.2, -0.15) is 8.42 Å². The summed E-state index contributed by atoms with van der Waals surface area (Å²) >= 11 is 0. The molecule has 0 saturated heterocycles. The fraction of sp³-hybridized carbons (Fsp3) is 0.267. The Kier molecular flexibility index (Phi) is 5.46. The van der Waals surface area contributed by atoms with E-state index in [2.05, 4.69) is 13.2 Å². The fourth-order valence-electron chi connectivity index (χ4n) is 2.13. The third-order valence-electron chi connectivity index (χ3n) is 2.96. The first-order valence-corrected chi connectivity index (χ1v) is 7.87. The molecule has 114 valence electrons. The number of hydrogen-bond acceptors (Lipinski definition) is 3. The molecule has 1 atom stereocenters. The van der Waals surface area contributed by atoms with E-state index in [4.69, 9.17) is 0 Å². The maximum Gasteiger partial charge on any atom is 0.287 e. The zero-order valence-electron chi connectivity index (χ0n) is 12.1. The van der Waals surface area contributed by atoms with E-state index in [1.165, 1.54) is 6.08 Å².